The standard InChI is InChI=1S/C9H14.C8H12O.C8H10.2HI.V/c1-6-7(2)9-4-3-8(6)5-9;1-5-6(2)8-4-3-7(5)9-8;1-7-5-3-4-6-8(7)2;;;/h3-4,6-9H,5H2,1-2H3;3-8H,1-2H3;3-6H,1-2H3;2*1H;/q;;;;;+2/p-2. The summed E-state index contributed by atoms with van der Waals surface area (Å²) in [6.45, 7) is 13.5. The number of aryl methyl sites for hydroxylation is 2. The summed E-state index contributed by atoms with van der Waals surface area (Å²) in [6, 6.07) is 8.36. The van der Waals surface area contributed by atoms with Crippen molar-refractivity contribution in [3.8, 4) is 0 Å². The van der Waals surface area contributed by atoms with Crippen LogP contribution in [-0.4, -0.2) is 12.2 Å². The van der Waals surface area contributed by atoms with Gasteiger partial charge in [0.15, 0.2) is 0 Å². The topological polar surface area (TPSA) is 9.23 Å². The van der Waals surface area contributed by atoms with Gasteiger partial charge in [-0.15, -0.1) is 0 Å². The predicted molar refractivity (Wildman–Crippen MR) is 139 cm³/mol. The Hall–Kier alpha value is 0.704. The van der Waals surface area contributed by atoms with Gasteiger partial charge in [0, 0.05) is 0 Å². The van der Waals surface area contributed by atoms with Gasteiger partial charge in [0.25, 0.3) is 0 Å². The van der Waals surface area contributed by atoms with E-state index < -0.39 is 0 Å². The zero-order valence-electron chi connectivity index (χ0n) is 18.6. The Bertz CT molecular complexity index is 600. The van der Waals surface area contributed by atoms with E-state index >= 15 is 0 Å². The van der Waals surface area contributed by atoms with Crippen molar-refractivity contribution < 1.29 is 14.2 Å². The molecule has 1 aromatic carbocycles. The molecule has 1 saturated heterocycles. The SMILES string of the molecule is CC1C2C=CC(C2)C1C.CC1C2C=CC(O2)C1C.Cc1ccccc1C.[I][V][I]. The van der Waals surface area contributed by atoms with Crippen LogP contribution in [0, 0.1) is 49.4 Å². The summed E-state index contributed by atoms with van der Waals surface area (Å²) < 4.78 is 5.59. The second kappa shape index (κ2) is 12.7. The van der Waals surface area contributed by atoms with Crippen molar-refractivity contribution in [1.29, 1.82) is 0 Å². The fourth-order valence-electron chi connectivity index (χ4n) is 4.67. The van der Waals surface area contributed by atoms with Gasteiger partial charge < -0.3 is 4.74 Å². The molecule has 1 saturated carbocycles. The molecule has 1 nitrogen and oxygen atoms in total. The molecule has 4 bridgehead atoms. The van der Waals surface area contributed by atoms with Crippen LogP contribution in [0.5, 0.6) is 0 Å². The maximum absolute atomic E-state index is 5.59. The summed E-state index contributed by atoms with van der Waals surface area (Å²) in [6.07, 6.45) is 11.5. The van der Waals surface area contributed by atoms with Crippen LogP contribution in [0.25, 0.3) is 0 Å². The second-order valence-electron chi connectivity index (χ2n) is 8.98. The molecule has 0 spiro atoms. The molecule has 4 aliphatic rings. The van der Waals surface area contributed by atoms with Gasteiger partial charge in [0.2, 0.25) is 0 Å². The first kappa shape index (κ1) is 26.0. The van der Waals surface area contributed by atoms with E-state index in [1.807, 2.05) is 0 Å². The first-order chi connectivity index (χ1) is 13.8. The molecule has 4 heteroatoms. The fourth-order valence-corrected chi connectivity index (χ4v) is 4.67. The molecule has 8 unspecified atom stereocenters. The van der Waals surface area contributed by atoms with E-state index in [1.54, 1.807) is 0 Å². The van der Waals surface area contributed by atoms with E-state index in [2.05, 4.69) is 130 Å². The molecule has 2 fully saturated rings. The Morgan fingerprint density at radius 2 is 1.10 bits per heavy atom. The van der Waals surface area contributed by atoms with Crippen LogP contribution in [-0.2, 0) is 14.2 Å². The molecule has 29 heavy (non-hydrogen) atoms. The van der Waals surface area contributed by atoms with Crippen LogP contribution in [0.4, 0.5) is 0 Å². The Morgan fingerprint density at radius 3 is 1.31 bits per heavy atom. The predicted octanol–water partition coefficient (Wildman–Crippen LogP) is 8.13. The van der Waals surface area contributed by atoms with Gasteiger partial charge in [-0.25, -0.2) is 0 Å². The van der Waals surface area contributed by atoms with Gasteiger partial charge in [0.05, 0.1) is 12.2 Å². The minimum absolute atomic E-state index is 0.435. The number of hydrogen-bond acceptors (Lipinski definition) is 1. The molecule has 2 heterocycles. The van der Waals surface area contributed by atoms with Crippen LogP contribution >= 0.6 is 40.0 Å². The quantitative estimate of drug-likeness (QED) is 0.202. The molecular weight excluding hydrogens is 621 g/mol. The molecule has 8 atom stereocenters. The van der Waals surface area contributed by atoms with Crippen LogP contribution in [0.3, 0.4) is 0 Å². The number of hydrogen-bond donors (Lipinski definition) is 0. The average molecular weight is 657 g/mol. The van der Waals surface area contributed by atoms with Crippen molar-refractivity contribution in [3.05, 3.63) is 59.7 Å². The number of halogens is 2. The zero-order chi connectivity index (χ0) is 21.6. The maximum atomic E-state index is 5.59. The number of rotatable bonds is 0. The molecule has 0 radical (unpaired) electrons. The monoisotopic (exact) mass is 657 g/mol. The molecule has 2 aliphatic carbocycles. The Kier molecular flexibility index (Phi) is 11.3. The van der Waals surface area contributed by atoms with Gasteiger partial charge in [0.1, 0.15) is 0 Å². The summed E-state index contributed by atoms with van der Waals surface area (Å²) in [4.78, 5) is 0. The summed E-state index contributed by atoms with van der Waals surface area (Å²) in [5.74, 6) is 5.26. The summed E-state index contributed by atoms with van der Waals surface area (Å²) in [7, 11) is 0.628. The van der Waals surface area contributed by atoms with E-state index in [4.69, 9.17) is 4.74 Å². The minimum atomic E-state index is 0.435. The molecule has 1 aromatic rings. The summed E-state index contributed by atoms with van der Waals surface area (Å²) >= 11 is 4.74. The fraction of sp³-hybridized carbons (Fsp3) is 0.600. The van der Waals surface area contributed by atoms with Crippen LogP contribution in [0.2, 0.25) is 0 Å². The van der Waals surface area contributed by atoms with E-state index in [-0.39, 0.29) is 0 Å². The Labute approximate surface area is 207 Å². The Balaban J connectivity index is 0.000000146. The van der Waals surface area contributed by atoms with E-state index in [1.165, 1.54) is 17.5 Å². The van der Waals surface area contributed by atoms with E-state index in [0.29, 0.717) is 21.7 Å². The summed E-state index contributed by atoms with van der Waals surface area (Å²) in [5.41, 5.74) is 2.74. The molecule has 161 valence electrons. The molecule has 5 rings (SSSR count). The number of fused-ring (bicyclic) bond motifs is 4. The number of ether oxygens (including phenoxy) is 1. The van der Waals surface area contributed by atoms with E-state index in [0.717, 1.165) is 35.5 Å². The van der Waals surface area contributed by atoms with Gasteiger partial charge >= 0.3 is 49.4 Å². The van der Waals surface area contributed by atoms with Gasteiger partial charge in [-0.3, -0.25) is 0 Å². The number of benzene rings is 1. The van der Waals surface area contributed by atoms with Crippen LogP contribution < -0.4 is 0 Å². The van der Waals surface area contributed by atoms with Crippen molar-refractivity contribution in [3.63, 3.8) is 0 Å². The summed E-state index contributed by atoms with van der Waals surface area (Å²) in [5, 5.41) is 0. The normalized spacial score (nSPS) is 37.1. The van der Waals surface area contributed by atoms with Crippen molar-refractivity contribution in [1.82, 2.24) is 0 Å². The third kappa shape index (κ3) is 7.10. The van der Waals surface area contributed by atoms with E-state index in [9.17, 15) is 0 Å². The van der Waals surface area contributed by atoms with Crippen LogP contribution in [0.15, 0.2) is 48.6 Å². The Morgan fingerprint density at radius 1 is 0.724 bits per heavy atom. The molecule has 0 amide bonds. The second-order valence-corrected chi connectivity index (χ2v) is 20.8. The van der Waals surface area contributed by atoms with Crippen molar-refractivity contribution in [2.24, 2.45) is 35.5 Å². The third-order valence-corrected chi connectivity index (χ3v) is 7.43. The first-order valence-electron chi connectivity index (χ1n) is 10.8. The molecule has 0 aromatic heterocycles. The molecular formula is C25H36I2OV. The molecule has 0 N–H and O–H groups in total. The van der Waals surface area contributed by atoms with Gasteiger partial charge in [-0.1, -0.05) is 76.3 Å². The van der Waals surface area contributed by atoms with Gasteiger partial charge in [-0.05, 0) is 66.9 Å². The third-order valence-electron chi connectivity index (χ3n) is 7.43. The van der Waals surface area contributed by atoms with Crippen molar-refractivity contribution >= 4 is 40.0 Å². The number of allylic oxidation sites excluding steroid dienone is 2. The van der Waals surface area contributed by atoms with Crippen molar-refractivity contribution in [2.75, 3.05) is 0 Å². The van der Waals surface area contributed by atoms with Gasteiger partial charge in [-0.2, -0.15) is 0 Å². The first-order valence-corrected chi connectivity index (χ1v) is 19.8. The zero-order valence-corrected chi connectivity index (χ0v) is 24.3. The van der Waals surface area contributed by atoms with Crippen LogP contribution in [0.1, 0.15) is 45.2 Å². The molecule has 2 aliphatic heterocycles. The average Bonchev–Trinajstić information content (AvgIpc) is 3.47. The van der Waals surface area contributed by atoms with Crippen molar-refractivity contribution in [2.45, 2.75) is 60.2 Å².